The van der Waals surface area contributed by atoms with Gasteiger partial charge >= 0.3 is 5.97 Å². The topological polar surface area (TPSA) is 195 Å². The largest absolute Gasteiger partial charge is 0.475 e. The first kappa shape index (κ1) is 20.5. The lowest BCUT2D eigenvalue weighted by molar-refractivity contribution is -0.306. The SMILES string of the molecule is CC(=O)N[C@@H]1[C@@H](O)[C@H](O[C@H]2OC(C(=O)O)=C[C@H](O)[C@H]2O)[C@@H](CO)O[C@@H]1O. The fraction of sp³-hybridized carbons (Fsp3) is 0.714. The fourth-order valence-electron chi connectivity index (χ4n) is 2.67. The highest BCUT2D eigenvalue weighted by Gasteiger charge is 2.48. The highest BCUT2D eigenvalue weighted by atomic mass is 16.7. The fourth-order valence-corrected chi connectivity index (χ4v) is 2.67. The van der Waals surface area contributed by atoms with Crippen LogP contribution in [0.5, 0.6) is 0 Å². The highest BCUT2D eigenvalue weighted by Crippen LogP contribution is 2.27. The summed E-state index contributed by atoms with van der Waals surface area (Å²) < 4.78 is 15.4. The molecule has 0 aromatic rings. The number of aliphatic hydroxyl groups excluding tert-OH is 5. The Kier molecular flexibility index (Phi) is 6.52. The van der Waals surface area contributed by atoms with Gasteiger partial charge in [-0.1, -0.05) is 0 Å². The molecule has 0 spiro atoms. The standard InChI is InChI=1S/C14H21NO11/c1-4(17)15-8-10(20)11(7(3-16)24-13(8)23)26-14-9(19)5(18)2-6(25-14)12(21)22/h2,5,7-11,13-14,16,18-20,23H,3H2,1H3,(H,15,17)(H,21,22)/t5-,7+,8+,9+,10+,11+,13-,14+/m0/s1. The van der Waals surface area contributed by atoms with Crippen LogP contribution in [0.3, 0.4) is 0 Å². The molecule has 7 N–H and O–H groups in total. The Morgan fingerprint density at radius 3 is 2.42 bits per heavy atom. The number of hydrogen-bond acceptors (Lipinski definition) is 10. The molecule has 26 heavy (non-hydrogen) atoms. The molecule has 2 aliphatic heterocycles. The lowest BCUT2D eigenvalue weighted by atomic mass is 9.96. The van der Waals surface area contributed by atoms with E-state index in [2.05, 4.69) is 5.32 Å². The van der Waals surface area contributed by atoms with Crippen molar-refractivity contribution in [3.63, 3.8) is 0 Å². The Hall–Kier alpha value is -1.80. The zero-order chi connectivity index (χ0) is 19.6. The summed E-state index contributed by atoms with van der Waals surface area (Å²) in [5, 5.41) is 60.5. The zero-order valence-corrected chi connectivity index (χ0v) is 13.6. The summed E-state index contributed by atoms with van der Waals surface area (Å²) in [4.78, 5) is 22.2. The van der Waals surface area contributed by atoms with Crippen LogP contribution in [0.25, 0.3) is 0 Å². The number of carbonyl (C=O) groups excluding carboxylic acids is 1. The molecule has 8 atom stereocenters. The van der Waals surface area contributed by atoms with E-state index in [0.29, 0.717) is 0 Å². The van der Waals surface area contributed by atoms with Gasteiger partial charge in [-0.25, -0.2) is 4.79 Å². The number of aliphatic hydroxyl groups is 5. The van der Waals surface area contributed by atoms with E-state index in [0.717, 1.165) is 13.0 Å². The van der Waals surface area contributed by atoms with Crippen molar-refractivity contribution < 1.29 is 54.4 Å². The molecule has 2 aliphatic rings. The van der Waals surface area contributed by atoms with Crippen molar-refractivity contribution in [1.82, 2.24) is 5.32 Å². The summed E-state index contributed by atoms with van der Waals surface area (Å²) in [5.74, 6) is -2.79. The molecular formula is C14H21NO11. The van der Waals surface area contributed by atoms with Gasteiger partial charge in [0.15, 0.2) is 6.29 Å². The van der Waals surface area contributed by atoms with Gasteiger partial charge in [0, 0.05) is 6.92 Å². The Labute approximate surface area is 147 Å². The lowest BCUT2D eigenvalue weighted by Gasteiger charge is -2.44. The maximum absolute atomic E-state index is 11.2. The molecule has 148 valence electrons. The summed E-state index contributed by atoms with van der Waals surface area (Å²) in [6.45, 7) is 0.431. The van der Waals surface area contributed by atoms with E-state index >= 15 is 0 Å². The molecule has 0 aliphatic carbocycles. The van der Waals surface area contributed by atoms with Crippen LogP contribution in [0, 0.1) is 0 Å². The molecule has 1 amide bonds. The van der Waals surface area contributed by atoms with Gasteiger partial charge in [0.05, 0.1) is 6.61 Å². The second-order valence-electron chi connectivity index (χ2n) is 5.87. The zero-order valence-electron chi connectivity index (χ0n) is 13.6. The second kappa shape index (κ2) is 8.26. The van der Waals surface area contributed by atoms with Crippen molar-refractivity contribution in [3.8, 4) is 0 Å². The van der Waals surface area contributed by atoms with E-state index in [1.54, 1.807) is 0 Å². The molecule has 12 heteroatoms. The van der Waals surface area contributed by atoms with Crippen LogP contribution in [0.15, 0.2) is 11.8 Å². The molecule has 0 aromatic carbocycles. The van der Waals surface area contributed by atoms with Crippen LogP contribution in [-0.4, -0.2) is 98.3 Å². The Morgan fingerprint density at radius 2 is 1.88 bits per heavy atom. The maximum Gasteiger partial charge on any atom is 0.371 e. The predicted molar refractivity (Wildman–Crippen MR) is 79.1 cm³/mol. The van der Waals surface area contributed by atoms with E-state index in [4.69, 9.17) is 19.3 Å². The number of aliphatic carboxylic acids is 1. The van der Waals surface area contributed by atoms with Crippen LogP contribution < -0.4 is 5.32 Å². The maximum atomic E-state index is 11.2. The third kappa shape index (κ3) is 4.29. The minimum atomic E-state index is -1.72. The lowest BCUT2D eigenvalue weighted by Crippen LogP contribution is -2.65. The summed E-state index contributed by atoms with van der Waals surface area (Å²) in [5.41, 5.74) is 0. The summed E-state index contributed by atoms with van der Waals surface area (Å²) in [7, 11) is 0. The van der Waals surface area contributed by atoms with Gasteiger partial charge in [-0.05, 0) is 6.08 Å². The molecule has 12 nitrogen and oxygen atoms in total. The normalized spacial score (nSPS) is 40.3. The molecule has 0 bridgehead atoms. The number of carboxylic acids is 1. The number of amides is 1. The first-order chi connectivity index (χ1) is 12.1. The summed E-state index contributed by atoms with van der Waals surface area (Å²) in [6, 6.07) is -1.32. The van der Waals surface area contributed by atoms with Gasteiger partial charge < -0.3 is 50.2 Å². The molecule has 0 unspecified atom stereocenters. The van der Waals surface area contributed by atoms with Crippen molar-refractivity contribution in [3.05, 3.63) is 11.8 Å². The number of nitrogens with one attached hydrogen (secondary N) is 1. The number of hydrogen-bond donors (Lipinski definition) is 7. The van der Waals surface area contributed by atoms with Crippen LogP contribution in [0.4, 0.5) is 0 Å². The third-order valence-electron chi connectivity index (χ3n) is 3.94. The van der Waals surface area contributed by atoms with Crippen LogP contribution in [0.1, 0.15) is 6.92 Å². The number of rotatable bonds is 5. The van der Waals surface area contributed by atoms with E-state index in [9.17, 15) is 35.1 Å². The van der Waals surface area contributed by atoms with E-state index in [1.165, 1.54) is 0 Å². The molecule has 0 aromatic heterocycles. The highest BCUT2D eigenvalue weighted by molar-refractivity contribution is 5.84. The van der Waals surface area contributed by atoms with Crippen LogP contribution in [-0.2, 0) is 23.8 Å². The van der Waals surface area contributed by atoms with E-state index in [1.807, 2.05) is 0 Å². The molecule has 0 saturated carbocycles. The average Bonchev–Trinajstić information content (AvgIpc) is 2.56. The number of carbonyl (C=O) groups is 2. The smallest absolute Gasteiger partial charge is 0.371 e. The Balaban J connectivity index is 2.19. The van der Waals surface area contributed by atoms with Crippen molar-refractivity contribution in [1.29, 1.82) is 0 Å². The van der Waals surface area contributed by atoms with Gasteiger partial charge in [0.25, 0.3) is 0 Å². The number of carboxylic acid groups (broad SMARTS) is 1. The van der Waals surface area contributed by atoms with Crippen molar-refractivity contribution in [2.75, 3.05) is 6.61 Å². The van der Waals surface area contributed by atoms with Gasteiger partial charge in [-0.2, -0.15) is 0 Å². The molecular weight excluding hydrogens is 358 g/mol. The molecule has 0 radical (unpaired) electrons. The van der Waals surface area contributed by atoms with E-state index in [-0.39, 0.29) is 0 Å². The predicted octanol–water partition coefficient (Wildman–Crippen LogP) is -4.01. The van der Waals surface area contributed by atoms with Crippen LogP contribution in [0.2, 0.25) is 0 Å². The average molecular weight is 379 g/mol. The van der Waals surface area contributed by atoms with Gasteiger partial charge in [-0.15, -0.1) is 0 Å². The second-order valence-corrected chi connectivity index (χ2v) is 5.87. The molecule has 2 rings (SSSR count). The van der Waals surface area contributed by atoms with Gasteiger partial charge in [0.2, 0.25) is 18.0 Å². The first-order valence-electron chi connectivity index (χ1n) is 7.68. The van der Waals surface area contributed by atoms with Gasteiger partial charge in [0.1, 0.15) is 36.6 Å². The molecule has 1 fully saturated rings. The van der Waals surface area contributed by atoms with Crippen LogP contribution >= 0.6 is 0 Å². The Bertz CT molecular complexity index is 567. The quantitative estimate of drug-likeness (QED) is 0.246. The minimum absolute atomic E-state index is 0.585. The summed E-state index contributed by atoms with van der Waals surface area (Å²) >= 11 is 0. The minimum Gasteiger partial charge on any atom is -0.475 e. The van der Waals surface area contributed by atoms with Crippen molar-refractivity contribution >= 4 is 11.9 Å². The third-order valence-corrected chi connectivity index (χ3v) is 3.94. The monoisotopic (exact) mass is 379 g/mol. The molecule has 1 saturated heterocycles. The Morgan fingerprint density at radius 1 is 1.23 bits per heavy atom. The van der Waals surface area contributed by atoms with E-state index < -0.39 is 73.4 Å². The van der Waals surface area contributed by atoms with Crippen molar-refractivity contribution in [2.24, 2.45) is 0 Å². The first-order valence-corrected chi connectivity index (χ1v) is 7.68. The number of ether oxygens (including phenoxy) is 3. The van der Waals surface area contributed by atoms with Gasteiger partial charge in [-0.3, -0.25) is 4.79 Å². The molecule has 2 heterocycles. The van der Waals surface area contributed by atoms with Crippen molar-refractivity contribution in [2.45, 2.75) is 56.1 Å². The summed E-state index contributed by atoms with van der Waals surface area (Å²) in [6.07, 6.45) is -10.2.